The van der Waals surface area contributed by atoms with Crippen molar-refractivity contribution in [2.75, 3.05) is 6.67 Å². The fourth-order valence-electron chi connectivity index (χ4n) is 0.917. The highest BCUT2D eigenvalue weighted by molar-refractivity contribution is 7.81. The fraction of sp³-hybridized carbons (Fsp3) is 0.750. The largest absolute Gasteiger partial charge is 0.480 e. The summed E-state index contributed by atoms with van der Waals surface area (Å²) in [6, 6.07) is -0.808. The van der Waals surface area contributed by atoms with Gasteiger partial charge in [0.15, 0.2) is 0 Å². The second-order valence-corrected chi connectivity index (χ2v) is 4.69. The van der Waals surface area contributed by atoms with E-state index in [0.29, 0.717) is 0 Å². The minimum atomic E-state index is -0.990. The number of carboxylic acids is 1. The van der Waals surface area contributed by atoms with E-state index in [1.807, 2.05) is 0 Å². The molecule has 7 heteroatoms. The highest BCUT2D eigenvalue weighted by Crippen LogP contribution is 2.17. The molecule has 1 atom stereocenters. The van der Waals surface area contributed by atoms with E-state index in [1.54, 1.807) is 13.8 Å². The van der Waals surface area contributed by atoms with Crippen LogP contribution < -0.4 is 10.6 Å². The van der Waals surface area contributed by atoms with Crippen LogP contribution in [0.2, 0.25) is 0 Å². The minimum Gasteiger partial charge on any atom is -0.480 e. The van der Waals surface area contributed by atoms with Gasteiger partial charge in [0, 0.05) is 11.7 Å². The number of aliphatic carboxylic acids is 1. The number of carbonyl (C=O) groups excluding carboxylic acids is 1. The highest BCUT2D eigenvalue weighted by atomic mass is 35.5. The van der Waals surface area contributed by atoms with Gasteiger partial charge in [0.05, 0.1) is 6.67 Å². The molecule has 0 rings (SSSR count). The van der Waals surface area contributed by atoms with E-state index in [1.165, 1.54) is 6.92 Å². The average molecular weight is 257 g/mol. The molecule has 3 N–H and O–H groups in total. The Morgan fingerprint density at radius 2 is 1.93 bits per heavy atom. The highest BCUT2D eigenvalue weighted by Gasteiger charge is 2.31. The smallest absolute Gasteiger partial charge is 0.322 e. The summed E-state index contributed by atoms with van der Waals surface area (Å²) in [5.74, 6) is -1.20. The third kappa shape index (κ3) is 7.47. The molecular formula is C8H17ClN2O3S. The van der Waals surface area contributed by atoms with Gasteiger partial charge in [0.2, 0.25) is 5.91 Å². The Hall–Kier alpha value is -0.460. The van der Waals surface area contributed by atoms with Crippen molar-refractivity contribution < 1.29 is 14.7 Å². The van der Waals surface area contributed by atoms with Crippen LogP contribution in [0, 0.1) is 0 Å². The van der Waals surface area contributed by atoms with Gasteiger partial charge in [-0.2, -0.15) is 12.6 Å². The molecule has 15 heavy (non-hydrogen) atoms. The molecule has 0 aliphatic heterocycles. The molecule has 1 amide bonds. The van der Waals surface area contributed by atoms with Crippen molar-refractivity contribution in [1.29, 1.82) is 0 Å². The van der Waals surface area contributed by atoms with E-state index in [4.69, 9.17) is 5.11 Å². The first kappa shape index (κ1) is 17.0. The first-order valence-electron chi connectivity index (χ1n) is 4.18. The SMILES string of the molecule is CC(=O)NCN[C@@H](C(=O)O)C(C)(C)S.Cl. The number of hydrogen-bond donors (Lipinski definition) is 4. The molecule has 0 aliphatic carbocycles. The zero-order valence-electron chi connectivity index (χ0n) is 8.90. The molecule has 0 aromatic carbocycles. The van der Waals surface area contributed by atoms with Gasteiger partial charge in [-0.05, 0) is 13.8 Å². The van der Waals surface area contributed by atoms with Crippen LogP contribution in [0.3, 0.4) is 0 Å². The summed E-state index contributed by atoms with van der Waals surface area (Å²) in [7, 11) is 0. The van der Waals surface area contributed by atoms with Crippen LogP contribution in [-0.4, -0.2) is 34.4 Å². The van der Waals surface area contributed by atoms with Crippen molar-refractivity contribution in [2.24, 2.45) is 0 Å². The van der Waals surface area contributed by atoms with Crippen LogP contribution in [0.5, 0.6) is 0 Å². The van der Waals surface area contributed by atoms with E-state index >= 15 is 0 Å². The summed E-state index contributed by atoms with van der Waals surface area (Å²) in [5, 5.41) is 14.0. The van der Waals surface area contributed by atoms with E-state index in [2.05, 4.69) is 23.3 Å². The third-order valence-corrected chi connectivity index (χ3v) is 1.86. The molecule has 5 nitrogen and oxygen atoms in total. The Balaban J connectivity index is 0. The molecule has 0 unspecified atom stereocenters. The summed E-state index contributed by atoms with van der Waals surface area (Å²) in [6.07, 6.45) is 0. The lowest BCUT2D eigenvalue weighted by Gasteiger charge is -2.26. The molecule has 0 aromatic rings. The van der Waals surface area contributed by atoms with Crippen LogP contribution in [0.25, 0.3) is 0 Å². The monoisotopic (exact) mass is 256 g/mol. The van der Waals surface area contributed by atoms with Crippen molar-refractivity contribution >= 4 is 36.9 Å². The normalized spacial score (nSPS) is 12.5. The maximum atomic E-state index is 10.8. The molecule has 0 heterocycles. The van der Waals surface area contributed by atoms with Crippen molar-refractivity contribution in [3.8, 4) is 0 Å². The van der Waals surface area contributed by atoms with Gasteiger partial charge in [0.25, 0.3) is 0 Å². The topological polar surface area (TPSA) is 78.4 Å². The predicted molar refractivity (Wildman–Crippen MR) is 63.6 cm³/mol. The number of rotatable bonds is 5. The van der Waals surface area contributed by atoms with E-state index in [0.717, 1.165) is 0 Å². The van der Waals surface area contributed by atoms with E-state index in [9.17, 15) is 9.59 Å². The molecule has 0 saturated carbocycles. The number of carboxylic acid groups (broad SMARTS) is 1. The molecule has 0 aliphatic rings. The Bertz CT molecular complexity index is 230. The van der Waals surface area contributed by atoms with Crippen molar-refractivity contribution in [3.63, 3.8) is 0 Å². The molecule has 0 spiro atoms. The fourth-order valence-corrected chi connectivity index (χ4v) is 1.12. The van der Waals surface area contributed by atoms with Crippen LogP contribution >= 0.6 is 25.0 Å². The second-order valence-electron chi connectivity index (χ2n) is 3.54. The molecule has 0 aromatic heterocycles. The van der Waals surface area contributed by atoms with Crippen LogP contribution in [-0.2, 0) is 9.59 Å². The number of hydrogen-bond acceptors (Lipinski definition) is 4. The zero-order chi connectivity index (χ0) is 11.4. The van der Waals surface area contributed by atoms with E-state index in [-0.39, 0.29) is 25.0 Å². The van der Waals surface area contributed by atoms with Crippen molar-refractivity contribution in [3.05, 3.63) is 0 Å². The van der Waals surface area contributed by atoms with Gasteiger partial charge >= 0.3 is 5.97 Å². The summed E-state index contributed by atoms with van der Waals surface area (Å²) < 4.78 is -0.690. The molecule has 90 valence electrons. The zero-order valence-corrected chi connectivity index (χ0v) is 10.6. The third-order valence-electron chi connectivity index (χ3n) is 1.60. The number of nitrogens with one attached hydrogen (secondary N) is 2. The molecule has 0 radical (unpaired) electrons. The first-order chi connectivity index (χ1) is 6.25. The Labute approximate surface area is 101 Å². The van der Waals surface area contributed by atoms with Gasteiger partial charge in [-0.15, -0.1) is 12.4 Å². The van der Waals surface area contributed by atoms with Crippen molar-refractivity contribution in [1.82, 2.24) is 10.6 Å². The lowest BCUT2D eigenvalue weighted by molar-refractivity contribution is -0.140. The molecule has 0 saturated heterocycles. The lowest BCUT2D eigenvalue weighted by Crippen LogP contribution is -2.52. The standard InChI is InChI=1S/C8H16N2O3S.ClH/c1-5(11)9-4-10-6(7(12)13)8(2,3)14;/h6,10,14H,4H2,1-3H3,(H,9,11)(H,12,13);1H/t6-;/m0./s1. The molecular weight excluding hydrogens is 240 g/mol. The maximum Gasteiger partial charge on any atom is 0.322 e. The average Bonchev–Trinajstić information content (AvgIpc) is 1.94. The lowest BCUT2D eigenvalue weighted by atomic mass is 10.0. The van der Waals surface area contributed by atoms with Gasteiger partial charge in [-0.1, -0.05) is 0 Å². The van der Waals surface area contributed by atoms with Gasteiger partial charge < -0.3 is 10.4 Å². The number of carbonyl (C=O) groups is 2. The van der Waals surface area contributed by atoms with Gasteiger partial charge in [0.1, 0.15) is 6.04 Å². The van der Waals surface area contributed by atoms with Crippen LogP contribution in [0.1, 0.15) is 20.8 Å². The number of halogens is 1. The summed E-state index contributed by atoms with van der Waals surface area (Å²) in [6.45, 7) is 4.87. The van der Waals surface area contributed by atoms with Gasteiger partial charge in [-0.25, -0.2) is 0 Å². The quantitative estimate of drug-likeness (QED) is 0.420. The van der Waals surface area contributed by atoms with Crippen LogP contribution in [0.4, 0.5) is 0 Å². The first-order valence-corrected chi connectivity index (χ1v) is 4.63. The maximum absolute atomic E-state index is 10.8. The second kappa shape index (κ2) is 6.92. The Morgan fingerprint density at radius 1 is 1.47 bits per heavy atom. The van der Waals surface area contributed by atoms with E-state index < -0.39 is 16.8 Å². The Kier molecular flexibility index (Phi) is 7.82. The minimum absolute atomic E-state index is 0. The van der Waals surface area contributed by atoms with Crippen molar-refractivity contribution in [2.45, 2.75) is 31.6 Å². The van der Waals surface area contributed by atoms with Gasteiger partial charge in [-0.3, -0.25) is 14.9 Å². The summed E-state index contributed by atoms with van der Waals surface area (Å²) in [5.41, 5.74) is 0. The Morgan fingerprint density at radius 3 is 2.20 bits per heavy atom. The molecule has 0 bridgehead atoms. The predicted octanol–water partition coefficient (Wildman–Crippen LogP) is 0.253. The summed E-state index contributed by atoms with van der Waals surface area (Å²) in [4.78, 5) is 21.3. The van der Waals surface area contributed by atoms with Crippen LogP contribution in [0.15, 0.2) is 0 Å². The number of thiol groups is 1. The molecule has 0 fully saturated rings. The summed E-state index contributed by atoms with van der Waals surface area (Å²) >= 11 is 4.16. The number of amides is 1.